The number of hydrogen-bond donors (Lipinski definition) is 2. The topological polar surface area (TPSA) is 69.6 Å². The molecule has 1 aliphatic carbocycles. The zero-order valence-electron chi connectivity index (χ0n) is 13.2. The van der Waals surface area contributed by atoms with Gasteiger partial charge in [-0.2, -0.15) is 0 Å². The zero-order valence-corrected chi connectivity index (χ0v) is 13.2. The van der Waals surface area contributed by atoms with Crippen LogP contribution >= 0.6 is 0 Å². The van der Waals surface area contributed by atoms with Crippen molar-refractivity contribution in [1.29, 1.82) is 0 Å². The van der Waals surface area contributed by atoms with Gasteiger partial charge in [-0.1, -0.05) is 32.6 Å². The molecule has 0 aromatic rings. The molecule has 0 spiro atoms. The summed E-state index contributed by atoms with van der Waals surface area (Å²) < 4.78 is 0. The number of carboxylic acid groups (broad SMARTS) is 1. The number of nitrogens with one attached hydrogen (secondary N) is 1. The molecule has 3 atom stereocenters. The van der Waals surface area contributed by atoms with E-state index in [1.165, 1.54) is 32.1 Å². The molecular weight excluding hydrogens is 268 g/mol. The highest BCUT2D eigenvalue weighted by molar-refractivity contribution is 5.79. The third-order valence-electron chi connectivity index (χ3n) is 5.38. The van der Waals surface area contributed by atoms with Gasteiger partial charge in [0.15, 0.2) is 0 Å². The third-order valence-corrected chi connectivity index (χ3v) is 5.38. The fourth-order valence-corrected chi connectivity index (χ4v) is 3.73. The van der Waals surface area contributed by atoms with Crippen LogP contribution in [0.4, 0.5) is 4.79 Å². The maximum Gasteiger partial charge on any atom is 0.317 e. The maximum absolute atomic E-state index is 12.2. The van der Waals surface area contributed by atoms with Gasteiger partial charge in [0.05, 0.1) is 5.41 Å². The fraction of sp³-hybridized carbons (Fsp3) is 0.875. The molecule has 0 aromatic heterocycles. The number of nitrogens with zero attached hydrogens (tertiary/aromatic N) is 1. The molecule has 1 aliphatic heterocycles. The second kappa shape index (κ2) is 6.67. The lowest BCUT2D eigenvalue weighted by Crippen LogP contribution is -2.43. The average molecular weight is 296 g/mol. The fourth-order valence-electron chi connectivity index (χ4n) is 3.73. The summed E-state index contributed by atoms with van der Waals surface area (Å²) >= 11 is 0. The Morgan fingerprint density at radius 2 is 1.95 bits per heavy atom. The molecular formula is C16H28N2O3. The highest BCUT2D eigenvalue weighted by atomic mass is 16.4. The Hall–Kier alpha value is -1.26. The summed E-state index contributed by atoms with van der Waals surface area (Å²) in [6.07, 6.45) is 6.77. The van der Waals surface area contributed by atoms with Crippen LogP contribution in [0.5, 0.6) is 0 Å². The number of hydrogen-bond acceptors (Lipinski definition) is 2. The number of carbonyl (C=O) groups excluding carboxylic acids is 1. The predicted octanol–water partition coefficient (Wildman–Crippen LogP) is 2.71. The van der Waals surface area contributed by atoms with Crippen LogP contribution in [-0.4, -0.2) is 41.6 Å². The molecule has 1 heterocycles. The molecule has 120 valence electrons. The van der Waals surface area contributed by atoms with E-state index in [1.54, 1.807) is 11.8 Å². The number of carboxylic acids is 1. The van der Waals surface area contributed by atoms with Crippen LogP contribution in [0.25, 0.3) is 0 Å². The van der Waals surface area contributed by atoms with Crippen LogP contribution in [0.15, 0.2) is 0 Å². The summed E-state index contributed by atoms with van der Waals surface area (Å²) in [7, 11) is 0. The smallest absolute Gasteiger partial charge is 0.317 e. The number of rotatable bonds is 4. The number of amides is 2. The number of urea groups is 1. The van der Waals surface area contributed by atoms with E-state index in [0.717, 1.165) is 12.5 Å². The Morgan fingerprint density at radius 3 is 2.52 bits per heavy atom. The van der Waals surface area contributed by atoms with Crippen LogP contribution < -0.4 is 5.32 Å². The Balaban J connectivity index is 1.81. The van der Waals surface area contributed by atoms with E-state index in [2.05, 4.69) is 12.2 Å². The molecule has 2 aliphatic rings. The van der Waals surface area contributed by atoms with E-state index in [-0.39, 0.29) is 6.03 Å². The lowest BCUT2D eigenvalue weighted by Gasteiger charge is -2.31. The Kier molecular flexibility index (Phi) is 5.12. The standard InChI is InChI=1S/C16H28N2O3/c1-3-12-6-4-5-7-13(12)10-17-15(21)18-9-8-16(2,11-18)14(19)20/h12-13H,3-11H2,1-2H3,(H,17,21)(H,19,20). The number of likely N-dealkylation sites (tertiary alicyclic amines) is 1. The van der Waals surface area contributed by atoms with Crippen LogP contribution in [0, 0.1) is 17.3 Å². The van der Waals surface area contributed by atoms with Gasteiger partial charge >= 0.3 is 12.0 Å². The highest BCUT2D eigenvalue weighted by Crippen LogP contribution is 2.32. The first kappa shape index (κ1) is 16.1. The number of aliphatic carboxylic acids is 1. The average Bonchev–Trinajstić information content (AvgIpc) is 2.89. The molecule has 2 fully saturated rings. The minimum atomic E-state index is -0.809. The van der Waals surface area contributed by atoms with E-state index >= 15 is 0 Å². The molecule has 21 heavy (non-hydrogen) atoms. The molecule has 0 aromatic carbocycles. The van der Waals surface area contributed by atoms with Crippen LogP contribution in [-0.2, 0) is 4.79 Å². The minimum Gasteiger partial charge on any atom is -0.481 e. The van der Waals surface area contributed by atoms with Crippen LogP contribution in [0.3, 0.4) is 0 Å². The van der Waals surface area contributed by atoms with Gasteiger partial charge in [-0.25, -0.2) is 4.79 Å². The quantitative estimate of drug-likeness (QED) is 0.838. The van der Waals surface area contributed by atoms with E-state index in [9.17, 15) is 14.7 Å². The first-order valence-corrected chi connectivity index (χ1v) is 8.22. The van der Waals surface area contributed by atoms with Gasteiger partial charge in [-0.05, 0) is 31.6 Å². The SMILES string of the molecule is CCC1CCCCC1CNC(=O)N1CCC(C)(C(=O)O)C1. The van der Waals surface area contributed by atoms with Crippen molar-refractivity contribution in [2.45, 2.75) is 52.4 Å². The van der Waals surface area contributed by atoms with Crippen molar-refractivity contribution in [1.82, 2.24) is 10.2 Å². The predicted molar refractivity (Wildman–Crippen MR) is 81.1 cm³/mol. The molecule has 1 saturated carbocycles. The first-order chi connectivity index (χ1) is 9.96. The van der Waals surface area contributed by atoms with Crippen molar-refractivity contribution >= 4 is 12.0 Å². The van der Waals surface area contributed by atoms with Crippen LogP contribution in [0.1, 0.15) is 52.4 Å². The second-order valence-electron chi connectivity index (χ2n) is 6.94. The van der Waals surface area contributed by atoms with Gasteiger partial charge in [0.1, 0.15) is 0 Å². The minimum absolute atomic E-state index is 0.0969. The lowest BCUT2D eigenvalue weighted by atomic mass is 9.78. The highest BCUT2D eigenvalue weighted by Gasteiger charge is 2.42. The monoisotopic (exact) mass is 296 g/mol. The molecule has 2 rings (SSSR count). The molecule has 3 unspecified atom stereocenters. The summed E-state index contributed by atoms with van der Waals surface area (Å²) in [5.74, 6) is 0.499. The summed E-state index contributed by atoms with van der Waals surface area (Å²) in [6, 6.07) is -0.0969. The summed E-state index contributed by atoms with van der Waals surface area (Å²) in [5, 5.41) is 12.2. The van der Waals surface area contributed by atoms with Gasteiger partial charge in [-0.3, -0.25) is 4.79 Å². The zero-order chi connectivity index (χ0) is 15.5. The molecule has 2 amide bonds. The van der Waals surface area contributed by atoms with Gasteiger partial charge in [-0.15, -0.1) is 0 Å². The van der Waals surface area contributed by atoms with E-state index in [4.69, 9.17) is 0 Å². The summed E-state index contributed by atoms with van der Waals surface area (Å²) in [6.45, 7) is 5.53. The van der Waals surface area contributed by atoms with Crippen molar-refractivity contribution < 1.29 is 14.7 Å². The Morgan fingerprint density at radius 1 is 1.29 bits per heavy atom. The molecule has 0 radical (unpaired) electrons. The molecule has 0 bridgehead atoms. The van der Waals surface area contributed by atoms with Gasteiger partial charge in [0, 0.05) is 19.6 Å². The van der Waals surface area contributed by atoms with Crippen molar-refractivity contribution in [3.63, 3.8) is 0 Å². The third kappa shape index (κ3) is 3.69. The van der Waals surface area contributed by atoms with Crippen molar-refractivity contribution in [3.8, 4) is 0 Å². The van der Waals surface area contributed by atoms with Crippen molar-refractivity contribution in [2.75, 3.05) is 19.6 Å². The van der Waals surface area contributed by atoms with Crippen molar-refractivity contribution in [2.24, 2.45) is 17.3 Å². The normalized spacial score (nSPS) is 33.0. The lowest BCUT2D eigenvalue weighted by molar-refractivity contribution is -0.146. The van der Waals surface area contributed by atoms with E-state index in [0.29, 0.717) is 25.4 Å². The van der Waals surface area contributed by atoms with Gasteiger partial charge in [0.2, 0.25) is 0 Å². The van der Waals surface area contributed by atoms with Crippen LogP contribution in [0.2, 0.25) is 0 Å². The second-order valence-corrected chi connectivity index (χ2v) is 6.94. The van der Waals surface area contributed by atoms with Crippen molar-refractivity contribution in [3.05, 3.63) is 0 Å². The maximum atomic E-state index is 12.2. The number of carbonyl (C=O) groups is 2. The Bertz CT molecular complexity index is 399. The molecule has 5 nitrogen and oxygen atoms in total. The largest absolute Gasteiger partial charge is 0.481 e. The summed E-state index contributed by atoms with van der Waals surface area (Å²) in [4.78, 5) is 25.1. The molecule has 2 N–H and O–H groups in total. The summed E-state index contributed by atoms with van der Waals surface area (Å²) in [5.41, 5.74) is -0.784. The first-order valence-electron chi connectivity index (χ1n) is 8.22. The Labute approximate surface area is 127 Å². The molecule has 5 heteroatoms. The van der Waals surface area contributed by atoms with E-state index in [1.807, 2.05) is 0 Å². The van der Waals surface area contributed by atoms with Gasteiger partial charge < -0.3 is 15.3 Å². The van der Waals surface area contributed by atoms with E-state index < -0.39 is 11.4 Å². The molecule has 1 saturated heterocycles. The van der Waals surface area contributed by atoms with Gasteiger partial charge in [0.25, 0.3) is 0 Å².